The molecule has 0 fully saturated rings. The predicted octanol–water partition coefficient (Wildman–Crippen LogP) is 2.40. The first-order chi connectivity index (χ1) is 14.4. The van der Waals surface area contributed by atoms with E-state index in [1.54, 1.807) is 17.8 Å². The van der Waals surface area contributed by atoms with Gasteiger partial charge >= 0.3 is 5.97 Å². The average molecular weight is 426 g/mol. The zero-order valence-electron chi connectivity index (χ0n) is 16.7. The number of nitrogens with one attached hydrogen (secondary N) is 1. The maximum absolute atomic E-state index is 12.6. The Labute approximate surface area is 174 Å². The number of carbonyl (C=O) groups excluding carboxylic acids is 1. The molecule has 4 heterocycles. The Balaban J connectivity index is 1.60. The van der Waals surface area contributed by atoms with Gasteiger partial charge in [-0.05, 0) is 19.9 Å². The molecule has 10 nitrogen and oxygen atoms in total. The number of hydrogen-bond donors (Lipinski definition) is 1. The summed E-state index contributed by atoms with van der Waals surface area (Å²) < 4.78 is 11.9. The average Bonchev–Trinajstić information content (AvgIpc) is 3.31. The number of ether oxygens (including phenoxy) is 1. The van der Waals surface area contributed by atoms with Crippen molar-refractivity contribution in [3.8, 4) is 11.3 Å². The van der Waals surface area contributed by atoms with Crippen molar-refractivity contribution in [2.75, 3.05) is 7.11 Å². The van der Waals surface area contributed by atoms with Crippen LogP contribution >= 0.6 is 11.8 Å². The molecule has 1 N–H and O–H groups in total. The van der Waals surface area contributed by atoms with Gasteiger partial charge in [-0.3, -0.25) is 9.48 Å². The molecule has 0 saturated carbocycles. The molecule has 4 rings (SSSR count). The van der Waals surface area contributed by atoms with Crippen LogP contribution in [-0.4, -0.2) is 43.0 Å². The first kappa shape index (κ1) is 19.8. The van der Waals surface area contributed by atoms with Gasteiger partial charge in [0.15, 0.2) is 10.8 Å². The Bertz CT molecular complexity index is 1320. The van der Waals surface area contributed by atoms with Crippen LogP contribution in [0.1, 0.15) is 27.5 Å². The van der Waals surface area contributed by atoms with Gasteiger partial charge in [0.05, 0.1) is 30.0 Å². The Hall–Kier alpha value is -3.47. The molecule has 0 saturated heterocycles. The van der Waals surface area contributed by atoms with Gasteiger partial charge in [-0.1, -0.05) is 16.9 Å². The highest BCUT2D eigenvalue weighted by atomic mass is 32.2. The Morgan fingerprint density at radius 3 is 2.80 bits per heavy atom. The largest absolute Gasteiger partial charge is 0.465 e. The highest BCUT2D eigenvalue weighted by Crippen LogP contribution is 2.26. The van der Waals surface area contributed by atoms with Gasteiger partial charge in [0.1, 0.15) is 11.5 Å². The van der Waals surface area contributed by atoms with E-state index in [4.69, 9.17) is 9.26 Å². The van der Waals surface area contributed by atoms with E-state index < -0.39 is 11.5 Å². The lowest BCUT2D eigenvalue weighted by molar-refractivity contribution is 0.0602. The molecule has 0 spiro atoms. The molecule has 0 radical (unpaired) electrons. The van der Waals surface area contributed by atoms with E-state index in [0.29, 0.717) is 28.1 Å². The number of methoxy groups -OCH3 is 1. The van der Waals surface area contributed by atoms with E-state index >= 15 is 0 Å². The van der Waals surface area contributed by atoms with E-state index in [9.17, 15) is 9.59 Å². The molecule has 0 aliphatic rings. The maximum Gasteiger partial charge on any atom is 0.338 e. The number of aromatic amines is 1. The number of aryl methyl sites for hydroxylation is 2. The van der Waals surface area contributed by atoms with Crippen LogP contribution in [-0.2, 0) is 17.5 Å². The fourth-order valence-corrected chi connectivity index (χ4v) is 3.71. The van der Waals surface area contributed by atoms with E-state index in [1.807, 2.05) is 20.0 Å². The number of thioether (sulfide) groups is 1. The number of aromatic nitrogens is 6. The van der Waals surface area contributed by atoms with Crippen LogP contribution in [0.3, 0.4) is 0 Å². The third-order valence-electron chi connectivity index (χ3n) is 4.61. The van der Waals surface area contributed by atoms with Crippen LogP contribution in [0.25, 0.3) is 22.3 Å². The SMILES string of the molecule is COC(=O)c1cc(C)nc2nc(SCc3cc(-c4cnn(C)c4C)no3)[nH]c(=O)c12. The van der Waals surface area contributed by atoms with Gasteiger partial charge in [0.2, 0.25) is 0 Å². The van der Waals surface area contributed by atoms with Gasteiger partial charge in [-0.25, -0.2) is 14.8 Å². The smallest absolute Gasteiger partial charge is 0.338 e. The summed E-state index contributed by atoms with van der Waals surface area (Å²) in [4.78, 5) is 36.0. The summed E-state index contributed by atoms with van der Waals surface area (Å²) in [6.07, 6.45) is 1.74. The van der Waals surface area contributed by atoms with Gasteiger partial charge in [-0.15, -0.1) is 0 Å². The number of hydrogen-bond acceptors (Lipinski definition) is 9. The monoisotopic (exact) mass is 426 g/mol. The second kappa shape index (κ2) is 7.75. The van der Waals surface area contributed by atoms with Gasteiger partial charge in [0, 0.05) is 30.1 Å². The van der Waals surface area contributed by atoms with Gasteiger partial charge < -0.3 is 14.2 Å². The van der Waals surface area contributed by atoms with Crippen molar-refractivity contribution in [1.82, 2.24) is 29.9 Å². The third-order valence-corrected chi connectivity index (χ3v) is 5.51. The molecule has 0 atom stereocenters. The number of pyridine rings is 1. The van der Waals surface area contributed by atoms with E-state index in [0.717, 1.165) is 11.3 Å². The Morgan fingerprint density at radius 2 is 2.10 bits per heavy atom. The number of rotatable bonds is 5. The first-order valence-corrected chi connectivity index (χ1v) is 9.93. The second-order valence-corrected chi connectivity index (χ2v) is 7.57. The van der Waals surface area contributed by atoms with Crippen LogP contribution in [0.15, 0.2) is 32.8 Å². The summed E-state index contributed by atoms with van der Waals surface area (Å²) in [7, 11) is 3.12. The summed E-state index contributed by atoms with van der Waals surface area (Å²) >= 11 is 1.27. The van der Waals surface area contributed by atoms with Crippen molar-refractivity contribution < 1.29 is 14.1 Å². The highest BCUT2D eigenvalue weighted by Gasteiger charge is 2.18. The molecule has 154 valence electrons. The van der Waals surface area contributed by atoms with Crippen LogP contribution in [0.2, 0.25) is 0 Å². The van der Waals surface area contributed by atoms with Crippen molar-refractivity contribution in [1.29, 1.82) is 0 Å². The summed E-state index contributed by atoms with van der Waals surface area (Å²) in [5.41, 5.74) is 2.98. The maximum atomic E-state index is 12.6. The van der Waals surface area contributed by atoms with Crippen molar-refractivity contribution >= 4 is 28.8 Å². The minimum absolute atomic E-state index is 0.103. The highest BCUT2D eigenvalue weighted by molar-refractivity contribution is 7.98. The number of esters is 1. The summed E-state index contributed by atoms with van der Waals surface area (Å²) in [6.45, 7) is 3.67. The Kier molecular flexibility index (Phi) is 5.12. The van der Waals surface area contributed by atoms with E-state index in [1.165, 1.54) is 24.9 Å². The third kappa shape index (κ3) is 3.59. The zero-order chi connectivity index (χ0) is 21.4. The molecule has 11 heteroatoms. The molecule has 0 amide bonds. The lowest BCUT2D eigenvalue weighted by Gasteiger charge is -2.06. The summed E-state index contributed by atoms with van der Waals surface area (Å²) in [6, 6.07) is 3.34. The van der Waals surface area contributed by atoms with Crippen LogP contribution in [0, 0.1) is 13.8 Å². The summed E-state index contributed by atoms with van der Waals surface area (Å²) in [5, 5.41) is 8.76. The van der Waals surface area contributed by atoms with Crippen molar-refractivity contribution in [2.45, 2.75) is 24.8 Å². The van der Waals surface area contributed by atoms with E-state index in [-0.39, 0.29) is 16.6 Å². The van der Waals surface area contributed by atoms with Crippen molar-refractivity contribution in [2.24, 2.45) is 7.05 Å². The molecule has 4 aromatic rings. The van der Waals surface area contributed by atoms with E-state index in [2.05, 4.69) is 25.2 Å². The second-order valence-electron chi connectivity index (χ2n) is 6.61. The molecule has 0 unspecified atom stereocenters. The lowest BCUT2D eigenvalue weighted by atomic mass is 10.1. The first-order valence-electron chi connectivity index (χ1n) is 8.94. The molecule has 0 aromatic carbocycles. The minimum Gasteiger partial charge on any atom is -0.465 e. The number of fused-ring (bicyclic) bond motifs is 1. The zero-order valence-corrected chi connectivity index (χ0v) is 17.5. The topological polar surface area (TPSA) is 129 Å². The fourth-order valence-electron chi connectivity index (χ4n) is 2.98. The van der Waals surface area contributed by atoms with Gasteiger partial charge in [-0.2, -0.15) is 5.10 Å². The number of nitrogens with zero attached hydrogens (tertiary/aromatic N) is 5. The quantitative estimate of drug-likeness (QED) is 0.290. The lowest BCUT2D eigenvalue weighted by Crippen LogP contribution is -2.16. The molecule has 0 aliphatic carbocycles. The molecule has 0 aliphatic heterocycles. The minimum atomic E-state index is -0.613. The van der Waals surface area contributed by atoms with Crippen molar-refractivity contribution in [3.63, 3.8) is 0 Å². The van der Waals surface area contributed by atoms with Crippen molar-refractivity contribution in [3.05, 3.63) is 51.4 Å². The van der Waals surface area contributed by atoms with Crippen LogP contribution in [0.4, 0.5) is 0 Å². The Morgan fingerprint density at radius 1 is 1.30 bits per heavy atom. The normalized spacial score (nSPS) is 11.2. The molecule has 0 bridgehead atoms. The van der Waals surface area contributed by atoms with Crippen LogP contribution in [0.5, 0.6) is 0 Å². The standard InChI is InChI=1S/C19H18N6O4S/c1-9-5-12(18(27)28-4)15-16(21-9)22-19(23-17(15)26)30-8-11-6-14(24-29-11)13-7-20-25(3)10(13)2/h5-7H,8H2,1-4H3,(H,21,22,23,26). The fraction of sp³-hybridized carbons (Fsp3) is 0.263. The van der Waals surface area contributed by atoms with Gasteiger partial charge in [0.25, 0.3) is 5.56 Å². The predicted molar refractivity (Wildman–Crippen MR) is 109 cm³/mol. The number of carbonyl (C=O) groups is 1. The molecule has 30 heavy (non-hydrogen) atoms. The summed E-state index contributed by atoms with van der Waals surface area (Å²) in [5.74, 6) is 0.405. The molecule has 4 aromatic heterocycles. The number of H-pyrrole nitrogens is 1. The van der Waals surface area contributed by atoms with Crippen LogP contribution < -0.4 is 5.56 Å². The molecular weight excluding hydrogens is 408 g/mol. The molecular formula is C19H18N6O4S.